The molecule has 31 heavy (non-hydrogen) atoms. The number of hydrogen-bond donors (Lipinski definition) is 2. The number of aromatic hydroxyl groups is 1. The molecule has 2 saturated carbocycles. The normalized spacial score (nSPS) is 22.1. The summed E-state index contributed by atoms with van der Waals surface area (Å²) in [4.78, 5) is 15.4. The Balaban J connectivity index is 1.46. The number of carbonyl (C=O) groups excluding carboxylic acids is 1. The van der Waals surface area contributed by atoms with E-state index in [1.165, 1.54) is 44.9 Å². The minimum atomic E-state index is -0.120. The van der Waals surface area contributed by atoms with Gasteiger partial charge in [0.25, 0.3) is 0 Å². The summed E-state index contributed by atoms with van der Waals surface area (Å²) in [6, 6.07) is 15.7. The second-order valence-corrected chi connectivity index (χ2v) is 9.53. The number of urea groups is 1. The third-order valence-electron chi connectivity index (χ3n) is 7.35. The van der Waals surface area contributed by atoms with Crippen molar-refractivity contribution in [2.45, 2.75) is 77.3 Å². The molecule has 166 valence electrons. The van der Waals surface area contributed by atoms with E-state index in [0.717, 1.165) is 35.8 Å². The highest BCUT2D eigenvalue weighted by Crippen LogP contribution is 2.39. The van der Waals surface area contributed by atoms with Crippen LogP contribution in [0.15, 0.2) is 48.5 Å². The lowest BCUT2D eigenvalue weighted by Gasteiger charge is -2.40. The Bertz CT molecular complexity index is 853. The monoisotopic (exact) mass is 420 g/mol. The van der Waals surface area contributed by atoms with Gasteiger partial charge in [0.1, 0.15) is 5.75 Å². The van der Waals surface area contributed by atoms with E-state index in [1.54, 1.807) is 6.07 Å². The molecule has 2 aliphatic carbocycles. The van der Waals surface area contributed by atoms with Gasteiger partial charge >= 0.3 is 6.03 Å². The fraction of sp³-hybridized carbons (Fsp3) is 0.519. The standard InChI is InChI=1S/C27H36N2O2/c1-20-12-17-26(30)25(18-20)28-27(31)29(19-21-8-4-2-5-9-21)24-15-13-23(14-16-24)22-10-6-3-7-11-22/h2,4-5,8-9,12,17-18,22-24,30H,3,6-7,10-11,13-16,19H2,1H3,(H,28,31)/t23-,24+. The van der Waals surface area contributed by atoms with E-state index in [1.807, 2.05) is 42.2 Å². The molecular weight excluding hydrogens is 384 g/mol. The Kier molecular flexibility index (Phi) is 7.16. The maximum absolute atomic E-state index is 13.4. The summed E-state index contributed by atoms with van der Waals surface area (Å²) in [7, 11) is 0. The van der Waals surface area contributed by atoms with Crippen LogP contribution in [0.3, 0.4) is 0 Å². The van der Waals surface area contributed by atoms with Crippen molar-refractivity contribution < 1.29 is 9.90 Å². The Labute approximate surface area is 186 Å². The highest BCUT2D eigenvalue weighted by molar-refractivity contribution is 5.91. The number of benzene rings is 2. The molecule has 0 spiro atoms. The van der Waals surface area contributed by atoms with Crippen molar-refractivity contribution in [2.24, 2.45) is 11.8 Å². The fourth-order valence-electron chi connectivity index (χ4n) is 5.57. The van der Waals surface area contributed by atoms with Gasteiger partial charge in [-0.1, -0.05) is 68.5 Å². The van der Waals surface area contributed by atoms with Gasteiger partial charge < -0.3 is 15.3 Å². The molecule has 4 heteroatoms. The Hall–Kier alpha value is -2.49. The van der Waals surface area contributed by atoms with E-state index >= 15 is 0 Å². The highest BCUT2D eigenvalue weighted by Gasteiger charge is 2.33. The van der Waals surface area contributed by atoms with E-state index in [4.69, 9.17) is 0 Å². The minimum Gasteiger partial charge on any atom is -0.506 e. The van der Waals surface area contributed by atoms with Crippen LogP contribution in [0.4, 0.5) is 10.5 Å². The van der Waals surface area contributed by atoms with Crippen LogP contribution in [0.25, 0.3) is 0 Å². The van der Waals surface area contributed by atoms with E-state index < -0.39 is 0 Å². The Morgan fingerprint density at radius 3 is 2.32 bits per heavy atom. The van der Waals surface area contributed by atoms with E-state index in [-0.39, 0.29) is 17.8 Å². The molecule has 0 radical (unpaired) electrons. The Morgan fingerprint density at radius 2 is 1.61 bits per heavy atom. The second-order valence-electron chi connectivity index (χ2n) is 9.53. The largest absolute Gasteiger partial charge is 0.506 e. The average molecular weight is 421 g/mol. The van der Waals surface area contributed by atoms with Crippen LogP contribution in [0.2, 0.25) is 0 Å². The van der Waals surface area contributed by atoms with Gasteiger partial charge in [-0.3, -0.25) is 0 Å². The lowest BCUT2D eigenvalue weighted by Crippen LogP contribution is -2.44. The summed E-state index contributed by atoms with van der Waals surface area (Å²) in [6.07, 6.45) is 11.6. The van der Waals surface area contributed by atoms with Crippen LogP contribution in [0, 0.1) is 18.8 Å². The zero-order valence-corrected chi connectivity index (χ0v) is 18.7. The molecule has 0 aromatic heterocycles. The first kappa shape index (κ1) is 21.7. The third-order valence-corrected chi connectivity index (χ3v) is 7.35. The molecule has 4 nitrogen and oxygen atoms in total. The van der Waals surface area contributed by atoms with Crippen molar-refractivity contribution in [1.82, 2.24) is 4.90 Å². The predicted molar refractivity (Wildman–Crippen MR) is 126 cm³/mol. The topological polar surface area (TPSA) is 52.6 Å². The zero-order valence-electron chi connectivity index (χ0n) is 18.7. The van der Waals surface area contributed by atoms with E-state index in [2.05, 4.69) is 17.4 Å². The summed E-state index contributed by atoms with van der Waals surface area (Å²) < 4.78 is 0. The molecule has 2 N–H and O–H groups in total. The van der Waals surface area contributed by atoms with Gasteiger partial charge in [-0.05, 0) is 67.7 Å². The summed E-state index contributed by atoms with van der Waals surface area (Å²) in [6.45, 7) is 2.56. The van der Waals surface area contributed by atoms with E-state index in [0.29, 0.717) is 12.2 Å². The van der Waals surface area contributed by atoms with Gasteiger partial charge in [-0.25, -0.2) is 4.79 Å². The molecule has 2 aliphatic rings. The molecule has 0 heterocycles. The van der Waals surface area contributed by atoms with Crippen molar-refractivity contribution in [2.75, 3.05) is 5.32 Å². The molecule has 2 amide bonds. The number of rotatable bonds is 5. The molecule has 0 bridgehead atoms. The zero-order chi connectivity index (χ0) is 21.6. The van der Waals surface area contributed by atoms with Gasteiger partial charge in [-0.15, -0.1) is 0 Å². The molecule has 2 fully saturated rings. The first-order chi connectivity index (χ1) is 15.1. The van der Waals surface area contributed by atoms with Crippen LogP contribution >= 0.6 is 0 Å². The van der Waals surface area contributed by atoms with Gasteiger partial charge in [0, 0.05) is 12.6 Å². The number of amides is 2. The summed E-state index contributed by atoms with van der Waals surface area (Å²) in [5.74, 6) is 1.84. The summed E-state index contributed by atoms with van der Waals surface area (Å²) >= 11 is 0. The van der Waals surface area contributed by atoms with Gasteiger partial charge in [-0.2, -0.15) is 0 Å². The maximum atomic E-state index is 13.4. The van der Waals surface area contributed by atoms with Crippen molar-refractivity contribution in [3.63, 3.8) is 0 Å². The molecule has 2 aromatic carbocycles. The smallest absolute Gasteiger partial charge is 0.322 e. The minimum absolute atomic E-state index is 0.111. The van der Waals surface area contributed by atoms with Crippen LogP contribution < -0.4 is 5.32 Å². The van der Waals surface area contributed by atoms with Gasteiger partial charge in [0.15, 0.2) is 0 Å². The summed E-state index contributed by atoms with van der Waals surface area (Å²) in [5, 5.41) is 13.2. The number of phenolic OH excluding ortho intramolecular Hbond substituents is 1. The molecule has 0 atom stereocenters. The summed E-state index contributed by atoms with van der Waals surface area (Å²) in [5.41, 5.74) is 2.63. The van der Waals surface area contributed by atoms with Crippen molar-refractivity contribution >= 4 is 11.7 Å². The van der Waals surface area contributed by atoms with Crippen molar-refractivity contribution in [1.29, 1.82) is 0 Å². The number of carbonyl (C=O) groups is 1. The quantitative estimate of drug-likeness (QED) is 0.518. The fourth-order valence-corrected chi connectivity index (χ4v) is 5.57. The van der Waals surface area contributed by atoms with Gasteiger partial charge in [0.05, 0.1) is 5.69 Å². The SMILES string of the molecule is Cc1ccc(O)c(NC(=O)N(Cc2ccccc2)[C@H]2CC[C@@H](C3CCCCC3)CC2)c1. The lowest BCUT2D eigenvalue weighted by molar-refractivity contribution is 0.120. The van der Waals surface area contributed by atoms with Crippen molar-refractivity contribution in [3.8, 4) is 5.75 Å². The highest BCUT2D eigenvalue weighted by atomic mass is 16.3. The predicted octanol–water partition coefficient (Wildman–Crippen LogP) is 6.87. The second kappa shape index (κ2) is 10.2. The van der Waals surface area contributed by atoms with Crippen LogP contribution in [-0.2, 0) is 6.54 Å². The average Bonchev–Trinajstić information content (AvgIpc) is 2.81. The lowest BCUT2D eigenvalue weighted by atomic mass is 9.72. The number of aryl methyl sites for hydroxylation is 1. The van der Waals surface area contributed by atoms with Crippen LogP contribution in [0.5, 0.6) is 5.75 Å². The molecule has 2 aromatic rings. The number of nitrogens with one attached hydrogen (secondary N) is 1. The number of phenols is 1. The molecule has 0 saturated heterocycles. The molecule has 0 aliphatic heterocycles. The first-order valence-electron chi connectivity index (χ1n) is 12.0. The number of anilines is 1. The number of nitrogens with zero attached hydrogens (tertiary/aromatic N) is 1. The van der Waals surface area contributed by atoms with Crippen LogP contribution in [-0.4, -0.2) is 22.1 Å². The maximum Gasteiger partial charge on any atom is 0.322 e. The first-order valence-corrected chi connectivity index (χ1v) is 12.0. The number of hydrogen-bond acceptors (Lipinski definition) is 2. The van der Waals surface area contributed by atoms with Crippen molar-refractivity contribution in [3.05, 3.63) is 59.7 Å². The Morgan fingerprint density at radius 1 is 0.935 bits per heavy atom. The molecule has 0 unspecified atom stereocenters. The third kappa shape index (κ3) is 5.61. The van der Waals surface area contributed by atoms with Gasteiger partial charge in [0.2, 0.25) is 0 Å². The molecule has 4 rings (SSSR count). The van der Waals surface area contributed by atoms with Crippen LogP contribution in [0.1, 0.15) is 68.9 Å². The molecular formula is C27H36N2O2. The van der Waals surface area contributed by atoms with E-state index in [9.17, 15) is 9.90 Å².